The second kappa shape index (κ2) is 9.14. The van der Waals surface area contributed by atoms with Crippen molar-refractivity contribution in [2.24, 2.45) is 0 Å². The number of ether oxygens (including phenoxy) is 1. The van der Waals surface area contributed by atoms with Crippen LogP contribution in [0.25, 0.3) is 0 Å². The Kier molecular flexibility index (Phi) is 9.15. The summed E-state index contributed by atoms with van der Waals surface area (Å²) in [5.41, 5.74) is 0.172. The number of hydrogen-bond donors (Lipinski definition) is 1. The molecule has 0 aromatic heterocycles. The number of carbonyl (C=O) groups is 1. The first-order chi connectivity index (χ1) is 8.84. The van der Waals surface area contributed by atoms with E-state index in [1.165, 1.54) is 12.1 Å². The molecule has 1 aromatic carbocycles. The Morgan fingerprint density at radius 2 is 2.05 bits per heavy atom. The number of rotatable bonds is 7. The van der Waals surface area contributed by atoms with Gasteiger partial charge in [0.15, 0.2) is 0 Å². The normalized spacial score (nSPS) is 10.7. The van der Waals surface area contributed by atoms with Crippen LogP contribution in [0.3, 0.4) is 0 Å². The zero-order valence-corrected chi connectivity index (χ0v) is 15.4. The monoisotopic (exact) mass is 326 g/mol. The quantitative estimate of drug-likeness (QED) is 0.478. The number of aryl methyl sites for hydroxylation is 1. The van der Waals surface area contributed by atoms with Crippen molar-refractivity contribution in [3.63, 3.8) is 0 Å². The van der Waals surface area contributed by atoms with Gasteiger partial charge in [-0.15, -0.1) is 0 Å². The Morgan fingerprint density at radius 1 is 1.40 bits per heavy atom. The predicted octanol–water partition coefficient (Wildman–Crippen LogP) is -1.60. The summed E-state index contributed by atoms with van der Waals surface area (Å²) >= 11 is 0. The summed E-state index contributed by atoms with van der Waals surface area (Å²) in [6.07, 6.45) is 0.501. The van der Waals surface area contributed by atoms with Gasteiger partial charge in [0.2, 0.25) is 0 Å². The number of carboxylic acid groups (broad SMARTS) is 1. The van der Waals surface area contributed by atoms with E-state index in [1.807, 2.05) is 6.92 Å². The van der Waals surface area contributed by atoms with Crippen LogP contribution in [0.5, 0.6) is 5.75 Å². The van der Waals surface area contributed by atoms with Gasteiger partial charge >= 0.3 is 57.4 Å². The minimum atomic E-state index is -4.62. The van der Waals surface area contributed by atoms with Gasteiger partial charge in [0.05, 0.1) is 11.5 Å². The van der Waals surface area contributed by atoms with E-state index < -0.39 is 21.0 Å². The van der Waals surface area contributed by atoms with Gasteiger partial charge in [-0.05, 0) is 36.6 Å². The van der Waals surface area contributed by atoms with Gasteiger partial charge in [-0.1, -0.05) is 6.92 Å². The zero-order chi connectivity index (χ0) is 14.5. The van der Waals surface area contributed by atoms with E-state index in [0.717, 1.165) is 12.5 Å². The number of hydrogen-bond acceptors (Lipinski definition) is 5. The summed E-state index contributed by atoms with van der Waals surface area (Å²) in [6.45, 7) is 2.38. The molecule has 0 atom stereocenters. The van der Waals surface area contributed by atoms with Gasteiger partial charge in [0.1, 0.15) is 15.9 Å². The standard InChI is InChI=1S/C12H16O6S.K/c1-2-7-18-10-4-5-11(19(15,16)17)9(8-10)3-6-12(13)14;/h4-5,8H,2-3,6-7H2,1H3,(H,13,14)(H,15,16,17);/q;+1/p-1. The van der Waals surface area contributed by atoms with Gasteiger partial charge in [-0.3, -0.25) is 4.79 Å². The van der Waals surface area contributed by atoms with Crippen LogP contribution in [-0.2, 0) is 21.3 Å². The molecule has 1 aromatic rings. The Labute approximate surface area is 160 Å². The van der Waals surface area contributed by atoms with Crippen LogP contribution in [0.1, 0.15) is 25.3 Å². The molecule has 0 saturated heterocycles. The maximum absolute atomic E-state index is 11.1. The average Bonchev–Trinajstić information content (AvgIpc) is 2.32. The molecular weight excluding hydrogens is 311 g/mol. The number of benzene rings is 1. The van der Waals surface area contributed by atoms with Crippen LogP contribution < -0.4 is 56.1 Å². The second-order valence-electron chi connectivity index (χ2n) is 3.97. The largest absolute Gasteiger partial charge is 1.00 e. The summed E-state index contributed by atoms with van der Waals surface area (Å²) in [5.74, 6) is -0.635. The summed E-state index contributed by atoms with van der Waals surface area (Å²) in [6, 6.07) is 3.96. The Morgan fingerprint density at radius 3 is 2.55 bits per heavy atom. The van der Waals surface area contributed by atoms with E-state index in [-0.39, 0.29) is 69.8 Å². The third kappa shape index (κ3) is 6.66. The van der Waals surface area contributed by atoms with E-state index in [9.17, 15) is 17.8 Å². The van der Waals surface area contributed by atoms with Crippen molar-refractivity contribution in [3.05, 3.63) is 23.8 Å². The molecule has 0 saturated carbocycles. The first kappa shape index (κ1) is 20.0. The molecule has 1 N–H and O–H groups in total. The van der Waals surface area contributed by atoms with Crippen molar-refractivity contribution >= 4 is 16.1 Å². The van der Waals surface area contributed by atoms with E-state index in [0.29, 0.717) is 12.4 Å². The van der Waals surface area contributed by atoms with Crippen LogP contribution in [0.15, 0.2) is 23.1 Å². The summed E-state index contributed by atoms with van der Waals surface area (Å²) < 4.78 is 38.6. The maximum Gasteiger partial charge on any atom is 1.00 e. The van der Waals surface area contributed by atoms with Crippen molar-refractivity contribution in [3.8, 4) is 5.75 Å². The van der Waals surface area contributed by atoms with Crippen LogP contribution in [0.4, 0.5) is 0 Å². The maximum atomic E-state index is 11.1. The molecule has 0 radical (unpaired) electrons. The fourth-order valence-corrected chi connectivity index (χ4v) is 2.26. The third-order valence-electron chi connectivity index (χ3n) is 2.38. The smallest absolute Gasteiger partial charge is 0.744 e. The molecule has 20 heavy (non-hydrogen) atoms. The van der Waals surface area contributed by atoms with Crippen molar-refractivity contribution in [1.29, 1.82) is 0 Å². The van der Waals surface area contributed by atoms with Gasteiger partial charge in [0, 0.05) is 6.42 Å². The minimum absolute atomic E-state index is 0. The van der Waals surface area contributed by atoms with Crippen molar-refractivity contribution in [2.45, 2.75) is 31.1 Å². The minimum Gasteiger partial charge on any atom is -0.744 e. The number of carboxylic acids is 1. The molecule has 0 aliphatic carbocycles. The van der Waals surface area contributed by atoms with Gasteiger partial charge in [-0.2, -0.15) is 0 Å². The van der Waals surface area contributed by atoms with Crippen molar-refractivity contribution in [1.82, 2.24) is 0 Å². The Balaban J connectivity index is 0.00000361. The first-order valence-electron chi connectivity index (χ1n) is 5.78. The average molecular weight is 326 g/mol. The van der Waals surface area contributed by atoms with Crippen LogP contribution in [0, 0.1) is 0 Å². The van der Waals surface area contributed by atoms with E-state index in [1.54, 1.807) is 0 Å². The van der Waals surface area contributed by atoms with Crippen LogP contribution in [0.2, 0.25) is 0 Å². The summed E-state index contributed by atoms with van der Waals surface area (Å²) in [4.78, 5) is 10.1. The summed E-state index contributed by atoms with van der Waals surface area (Å²) in [5, 5.41) is 8.62. The zero-order valence-electron chi connectivity index (χ0n) is 11.5. The van der Waals surface area contributed by atoms with E-state index >= 15 is 0 Å². The molecule has 0 amide bonds. The van der Waals surface area contributed by atoms with Crippen molar-refractivity contribution < 1.29 is 79.0 Å². The molecule has 0 unspecified atom stereocenters. The molecule has 0 aliphatic heterocycles. The van der Waals surface area contributed by atoms with Gasteiger partial charge in [-0.25, -0.2) is 8.42 Å². The first-order valence-corrected chi connectivity index (χ1v) is 7.19. The molecule has 106 valence electrons. The molecule has 6 nitrogen and oxygen atoms in total. The Bertz CT molecular complexity index is 555. The molecular formula is C12H15KO6S. The SMILES string of the molecule is CCCOc1ccc(S(=O)(=O)[O-])c(CCC(=O)O)c1.[K+]. The molecule has 0 heterocycles. The van der Waals surface area contributed by atoms with Gasteiger partial charge in [0.25, 0.3) is 0 Å². The Hall–Kier alpha value is 0.0364. The molecule has 0 aliphatic rings. The van der Waals surface area contributed by atoms with Crippen LogP contribution in [-0.4, -0.2) is 30.7 Å². The summed E-state index contributed by atoms with van der Waals surface area (Å²) in [7, 11) is -4.62. The molecule has 1 rings (SSSR count). The molecule has 0 bridgehead atoms. The molecule has 0 fully saturated rings. The molecule has 8 heteroatoms. The van der Waals surface area contributed by atoms with E-state index in [2.05, 4.69) is 0 Å². The fraction of sp³-hybridized carbons (Fsp3) is 0.417. The van der Waals surface area contributed by atoms with Crippen LogP contribution >= 0.6 is 0 Å². The molecule has 0 spiro atoms. The van der Waals surface area contributed by atoms with E-state index in [4.69, 9.17) is 9.84 Å². The predicted molar refractivity (Wildman–Crippen MR) is 66.1 cm³/mol. The third-order valence-corrected chi connectivity index (χ3v) is 3.32. The second-order valence-corrected chi connectivity index (χ2v) is 5.31. The number of aliphatic carboxylic acids is 1. The van der Waals surface area contributed by atoms with Gasteiger partial charge < -0.3 is 14.4 Å². The topological polar surface area (TPSA) is 104 Å². The van der Waals surface area contributed by atoms with Crippen molar-refractivity contribution in [2.75, 3.05) is 6.61 Å². The fourth-order valence-electron chi connectivity index (χ4n) is 1.55.